The summed E-state index contributed by atoms with van der Waals surface area (Å²) in [6.45, 7) is 0.971. The molecule has 0 aliphatic carbocycles. The van der Waals surface area contributed by atoms with Gasteiger partial charge < -0.3 is 14.2 Å². The van der Waals surface area contributed by atoms with Crippen molar-refractivity contribution in [1.82, 2.24) is 9.90 Å². The lowest BCUT2D eigenvalue weighted by atomic mass is 10.1. The summed E-state index contributed by atoms with van der Waals surface area (Å²) in [7, 11) is 3.80. The Labute approximate surface area is 96.1 Å². The van der Waals surface area contributed by atoms with Crippen LogP contribution >= 0.6 is 20.5 Å². The van der Waals surface area contributed by atoms with Crippen molar-refractivity contribution >= 4 is 32.5 Å². The second-order valence-corrected chi connectivity index (χ2v) is 5.73. The Hall–Kier alpha value is 0.315. The molecule has 1 unspecified atom stereocenters. The third-order valence-corrected chi connectivity index (χ3v) is 3.63. The summed E-state index contributed by atoms with van der Waals surface area (Å²) in [6.07, 6.45) is -0.608. The van der Waals surface area contributed by atoms with E-state index in [2.05, 4.69) is 9.90 Å². The van der Waals surface area contributed by atoms with Crippen LogP contribution in [0.2, 0.25) is 0 Å². The van der Waals surface area contributed by atoms with Crippen molar-refractivity contribution in [2.24, 2.45) is 5.73 Å². The van der Waals surface area contributed by atoms with E-state index in [1.54, 1.807) is 0 Å². The molecule has 0 aromatic carbocycles. The Morgan fingerprint density at radius 1 is 1.67 bits per heavy atom. The zero-order chi connectivity index (χ0) is 11.3. The minimum Gasteiger partial charge on any atom is -0.359 e. The molecule has 1 saturated heterocycles. The standard InChI is InChI=1S/C6H16BN4O2PS/c1-11(2)3-4-15-6(9)14-10-7-12-5(8)13-7/h5,9-10,14H,3-4,8H2,1-2H3. The lowest BCUT2D eigenvalue weighted by molar-refractivity contribution is -0.110. The van der Waals surface area contributed by atoms with Crippen LogP contribution in [0.4, 0.5) is 0 Å². The van der Waals surface area contributed by atoms with Gasteiger partial charge >= 0.3 is 7.25 Å². The number of nitrogens with zero attached hydrogens (tertiary/aromatic N) is 1. The Bertz CT molecular complexity index is 217. The number of nitrogens with one attached hydrogen (secondary N) is 2. The predicted octanol–water partition coefficient (Wildman–Crippen LogP) is -0.327. The molecule has 0 saturated carbocycles. The van der Waals surface area contributed by atoms with Crippen LogP contribution in [0.3, 0.4) is 0 Å². The molecule has 1 aliphatic rings. The molecule has 0 bridgehead atoms. The van der Waals surface area contributed by atoms with Crippen LogP contribution in [0.1, 0.15) is 0 Å². The summed E-state index contributed by atoms with van der Waals surface area (Å²) in [5, 5.41) is 7.63. The smallest absolute Gasteiger partial charge is 0.359 e. The first-order valence-corrected chi connectivity index (χ1v) is 6.50. The average molecular weight is 250 g/mol. The van der Waals surface area contributed by atoms with Crippen LogP contribution in [0.25, 0.3) is 0 Å². The number of rotatable bonds is 6. The SMILES string of the molecule is CN(C)CCSC(=N)PNB1OC(N)O1. The Kier molecular flexibility index (Phi) is 6.07. The van der Waals surface area contributed by atoms with Crippen LogP contribution in [0, 0.1) is 5.41 Å². The Balaban J connectivity index is 1.94. The maximum absolute atomic E-state index is 7.63. The van der Waals surface area contributed by atoms with Crippen LogP contribution < -0.4 is 10.7 Å². The molecular formula is C6H16BN4O2PS. The largest absolute Gasteiger partial charge is 0.564 e. The number of nitrogens with two attached hydrogens (primary N) is 1. The molecular weight excluding hydrogens is 234 g/mol. The molecule has 0 amide bonds. The van der Waals surface area contributed by atoms with Crippen molar-refractivity contribution in [3.8, 4) is 0 Å². The Morgan fingerprint density at radius 2 is 2.33 bits per heavy atom. The van der Waals surface area contributed by atoms with Crippen LogP contribution in [-0.2, 0) is 9.31 Å². The number of hydrogen-bond donors (Lipinski definition) is 3. The maximum Gasteiger partial charge on any atom is 0.564 e. The summed E-state index contributed by atoms with van der Waals surface area (Å²) in [4.78, 5) is 5.62. The van der Waals surface area contributed by atoms with Gasteiger partial charge in [0.25, 0.3) is 0 Å². The number of hydrogen-bond acceptors (Lipinski definition) is 7. The minimum atomic E-state index is -0.608. The molecule has 0 aromatic rings. The van der Waals surface area contributed by atoms with Crippen molar-refractivity contribution in [3.63, 3.8) is 0 Å². The summed E-state index contributed by atoms with van der Waals surface area (Å²) in [6, 6.07) is 0. The van der Waals surface area contributed by atoms with Crippen LogP contribution in [0.15, 0.2) is 0 Å². The van der Waals surface area contributed by atoms with E-state index >= 15 is 0 Å². The quantitative estimate of drug-likeness (QED) is 0.259. The lowest BCUT2D eigenvalue weighted by Crippen LogP contribution is -2.56. The van der Waals surface area contributed by atoms with Gasteiger partial charge in [0.15, 0.2) is 6.41 Å². The second kappa shape index (κ2) is 6.80. The van der Waals surface area contributed by atoms with Gasteiger partial charge in [0.05, 0.1) is 4.78 Å². The van der Waals surface area contributed by atoms with Crippen LogP contribution in [0.5, 0.6) is 0 Å². The number of thioether (sulfide) groups is 1. The zero-order valence-electron chi connectivity index (χ0n) is 8.82. The zero-order valence-corrected chi connectivity index (χ0v) is 10.6. The van der Waals surface area contributed by atoms with Crippen molar-refractivity contribution < 1.29 is 9.31 Å². The van der Waals surface area contributed by atoms with Crippen molar-refractivity contribution in [1.29, 1.82) is 5.41 Å². The molecule has 4 N–H and O–H groups in total. The van der Waals surface area contributed by atoms with Gasteiger partial charge in [-0.15, -0.1) is 11.8 Å². The molecule has 1 fully saturated rings. The van der Waals surface area contributed by atoms with Gasteiger partial charge in [-0.1, -0.05) is 0 Å². The van der Waals surface area contributed by atoms with E-state index in [0.717, 1.165) is 12.3 Å². The molecule has 15 heavy (non-hydrogen) atoms. The predicted molar refractivity (Wildman–Crippen MR) is 66.1 cm³/mol. The highest BCUT2D eigenvalue weighted by Crippen LogP contribution is 2.20. The first-order valence-electron chi connectivity index (χ1n) is 4.52. The second-order valence-electron chi connectivity index (χ2n) is 3.22. The van der Waals surface area contributed by atoms with Crippen molar-refractivity contribution in [2.75, 3.05) is 26.4 Å². The van der Waals surface area contributed by atoms with Gasteiger partial charge in [-0.05, 0) is 22.8 Å². The van der Waals surface area contributed by atoms with Crippen molar-refractivity contribution in [3.05, 3.63) is 0 Å². The fourth-order valence-corrected chi connectivity index (χ4v) is 2.63. The fraction of sp³-hybridized carbons (Fsp3) is 0.833. The summed E-state index contributed by atoms with van der Waals surface area (Å²) < 4.78 is 9.94. The molecule has 6 nitrogen and oxygen atoms in total. The van der Waals surface area contributed by atoms with E-state index < -0.39 is 13.7 Å². The highest BCUT2D eigenvalue weighted by Gasteiger charge is 2.34. The molecule has 1 atom stereocenters. The molecule has 0 radical (unpaired) electrons. The first-order chi connectivity index (χ1) is 7.08. The minimum absolute atomic E-state index is 0.210. The molecule has 1 heterocycles. The van der Waals surface area contributed by atoms with E-state index in [0.29, 0.717) is 4.78 Å². The van der Waals surface area contributed by atoms with E-state index in [-0.39, 0.29) is 8.73 Å². The molecule has 0 aromatic heterocycles. The maximum atomic E-state index is 7.63. The molecule has 9 heteroatoms. The van der Waals surface area contributed by atoms with Gasteiger partial charge in [0, 0.05) is 12.3 Å². The van der Waals surface area contributed by atoms with Crippen LogP contribution in [-0.4, -0.2) is 49.7 Å². The summed E-state index contributed by atoms with van der Waals surface area (Å²) in [5.41, 5.74) is 5.24. The van der Waals surface area contributed by atoms with E-state index in [4.69, 9.17) is 20.5 Å². The van der Waals surface area contributed by atoms with Gasteiger partial charge in [-0.25, -0.2) is 0 Å². The molecule has 1 aliphatic heterocycles. The van der Waals surface area contributed by atoms with Gasteiger partial charge in [0.1, 0.15) is 0 Å². The lowest BCUT2D eigenvalue weighted by Gasteiger charge is -2.29. The highest BCUT2D eigenvalue weighted by atomic mass is 32.2. The molecule has 1 rings (SSSR count). The third kappa shape index (κ3) is 5.82. The third-order valence-electron chi connectivity index (χ3n) is 1.60. The fourth-order valence-electron chi connectivity index (χ4n) is 0.813. The van der Waals surface area contributed by atoms with E-state index in [1.165, 1.54) is 11.8 Å². The Morgan fingerprint density at radius 3 is 2.87 bits per heavy atom. The highest BCUT2D eigenvalue weighted by molar-refractivity contribution is 8.23. The van der Waals surface area contributed by atoms with Crippen molar-refractivity contribution in [2.45, 2.75) is 6.41 Å². The van der Waals surface area contributed by atoms with Gasteiger partial charge in [-0.2, -0.15) is 0 Å². The van der Waals surface area contributed by atoms with Gasteiger partial charge in [-0.3, -0.25) is 16.1 Å². The van der Waals surface area contributed by atoms with Gasteiger partial charge in [0.2, 0.25) is 0 Å². The first kappa shape index (κ1) is 13.4. The van der Waals surface area contributed by atoms with E-state index in [1.807, 2.05) is 14.1 Å². The van der Waals surface area contributed by atoms with E-state index in [9.17, 15) is 0 Å². The molecule has 86 valence electrons. The summed E-state index contributed by atoms with van der Waals surface area (Å²) >= 11 is 1.53. The monoisotopic (exact) mass is 250 g/mol. The average Bonchev–Trinajstić information content (AvgIpc) is 2.10. The normalized spacial score (nSPS) is 17.7. The topological polar surface area (TPSA) is 83.6 Å². The molecule has 0 spiro atoms. The summed E-state index contributed by atoms with van der Waals surface area (Å²) in [5.74, 6) is 0.923.